The number of rotatable bonds is 7. The summed E-state index contributed by atoms with van der Waals surface area (Å²) in [5.74, 6) is 0. The number of aliphatic hydroxyl groups is 1. The summed E-state index contributed by atoms with van der Waals surface area (Å²) in [6.07, 6.45) is -0.962. The third kappa shape index (κ3) is 4.83. The van der Waals surface area contributed by atoms with Crippen molar-refractivity contribution in [2.24, 2.45) is 0 Å². The van der Waals surface area contributed by atoms with Gasteiger partial charge in [0.1, 0.15) is 0 Å². The first kappa shape index (κ1) is 25.0. The Morgan fingerprint density at radius 1 is 0.833 bits per heavy atom. The molecule has 1 atom stereocenters. The lowest BCUT2D eigenvalue weighted by atomic mass is 10.2. The van der Waals surface area contributed by atoms with Gasteiger partial charge in [0.25, 0.3) is 10.0 Å². The minimum Gasteiger partial charge on any atom is -0.389 e. The third-order valence-corrected chi connectivity index (χ3v) is 9.01. The van der Waals surface area contributed by atoms with Crippen LogP contribution in [-0.4, -0.2) is 30.7 Å². The van der Waals surface area contributed by atoms with Crippen molar-refractivity contribution < 1.29 is 13.5 Å². The summed E-state index contributed by atoms with van der Waals surface area (Å²) < 4.78 is 32.6. The van der Waals surface area contributed by atoms with E-state index in [1.54, 1.807) is 48.5 Å². The Morgan fingerprint density at radius 2 is 1.39 bits per heavy atom. The van der Waals surface area contributed by atoms with Crippen LogP contribution < -0.4 is 4.31 Å². The Balaban J connectivity index is 1.54. The molecule has 0 aliphatic rings. The largest absolute Gasteiger partial charge is 0.389 e. The second-order valence-corrected chi connectivity index (χ2v) is 12.5. The number of hydrogen-bond acceptors (Lipinski definition) is 3. The van der Waals surface area contributed by atoms with Crippen molar-refractivity contribution in [1.29, 1.82) is 0 Å². The van der Waals surface area contributed by atoms with Crippen LogP contribution in [0.3, 0.4) is 0 Å². The highest BCUT2D eigenvalue weighted by atomic mass is 79.9. The van der Waals surface area contributed by atoms with Crippen molar-refractivity contribution in [3.8, 4) is 0 Å². The van der Waals surface area contributed by atoms with Gasteiger partial charge in [0.15, 0.2) is 0 Å². The fourth-order valence-electron chi connectivity index (χ4n) is 4.48. The number of sulfonamides is 1. The van der Waals surface area contributed by atoms with E-state index in [-0.39, 0.29) is 18.0 Å². The predicted molar refractivity (Wildman–Crippen MR) is 153 cm³/mol. The fraction of sp³-hybridized carbons (Fsp3) is 0.143. The Kier molecular flexibility index (Phi) is 6.96. The SMILES string of the molecule is Cc1ccc(S(=O)(=O)N(CC(O)Cn2c3ccc(Br)cc3c3cc(Br)ccc32)c2ccccc2)cc1. The molecule has 4 aromatic carbocycles. The van der Waals surface area contributed by atoms with E-state index in [9.17, 15) is 13.5 Å². The zero-order valence-electron chi connectivity index (χ0n) is 19.5. The maximum Gasteiger partial charge on any atom is 0.264 e. The summed E-state index contributed by atoms with van der Waals surface area (Å²) in [5.41, 5.74) is 3.42. The number of halogens is 2. The Labute approximate surface area is 227 Å². The average Bonchev–Trinajstić information content (AvgIpc) is 3.15. The van der Waals surface area contributed by atoms with Crippen LogP contribution in [0.15, 0.2) is 105 Å². The van der Waals surface area contributed by atoms with E-state index in [4.69, 9.17) is 0 Å². The topological polar surface area (TPSA) is 62.5 Å². The standard InChI is InChI=1S/C28H24Br2N2O3S/c1-19-7-11-24(12-8-19)36(34,35)32(22-5-3-2-4-6-22)18-23(33)17-31-27-13-9-20(29)15-25(27)26-16-21(30)10-14-28(26)31/h2-16,23,33H,17-18H2,1H3. The van der Waals surface area contributed by atoms with Gasteiger partial charge >= 0.3 is 0 Å². The lowest BCUT2D eigenvalue weighted by molar-refractivity contribution is 0.166. The van der Waals surface area contributed by atoms with Gasteiger partial charge in [-0.1, -0.05) is 67.8 Å². The van der Waals surface area contributed by atoms with Crippen molar-refractivity contribution in [2.75, 3.05) is 10.8 Å². The number of fused-ring (bicyclic) bond motifs is 3. The van der Waals surface area contributed by atoms with E-state index in [1.165, 1.54) is 4.31 Å². The number of nitrogens with zero attached hydrogens (tertiary/aromatic N) is 2. The first-order valence-electron chi connectivity index (χ1n) is 11.4. The van der Waals surface area contributed by atoms with E-state index in [1.807, 2.05) is 37.3 Å². The van der Waals surface area contributed by atoms with Crippen LogP contribution in [0, 0.1) is 6.92 Å². The highest BCUT2D eigenvalue weighted by Crippen LogP contribution is 2.33. The first-order chi connectivity index (χ1) is 17.2. The van der Waals surface area contributed by atoms with Gasteiger partial charge in [-0.3, -0.25) is 4.31 Å². The number of anilines is 1. The van der Waals surface area contributed by atoms with Gasteiger partial charge in [-0.05, 0) is 67.6 Å². The number of aliphatic hydroxyl groups excluding tert-OH is 1. The highest BCUT2D eigenvalue weighted by molar-refractivity contribution is 9.10. The van der Waals surface area contributed by atoms with Crippen LogP contribution in [0.2, 0.25) is 0 Å². The maximum atomic E-state index is 13.7. The number of para-hydroxylation sites is 1. The summed E-state index contributed by atoms with van der Waals surface area (Å²) in [6.45, 7) is 2.06. The van der Waals surface area contributed by atoms with Crippen molar-refractivity contribution in [1.82, 2.24) is 4.57 Å². The molecule has 0 radical (unpaired) electrons. The van der Waals surface area contributed by atoms with E-state index in [0.717, 1.165) is 36.3 Å². The molecule has 0 bridgehead atoms. The number of benzene rings is 4. The molecule has 5 nitrogen and oxygen atoms in total. The minimum absolute atomic E-state index is 0.0888. The lowest BCUT2D eigenvalue weighted by Crippen LogP contribution is -2.39. The maximum absolute atomic E-state index is 13.7. The molecule has 1 aromatic heterocycles. The summed E-state index contributed by atoms with van der Waals surface area (Å²) >= 11 is 7.12. The van der Waals surface area contributed by atoms with Crippen molar-refractivity contribution in [3.63, 3.8) is 0 Å². The van der Waals surface area contributed by atoms with Gasteiger partial charge in [-0.15, -0.1) is 0 Å². The summed E-state index contributed by atoms with van der Waals surface area (Å²) in [7, 11) is -3.89. The molecule has 0 aliphatic carbocycles. The summed E-state index contributed by atoms with van der Waals surface area (Å²) in [4.78, 5) is 0.190. The number of hydrogen-bond donors (Lipinski definition) is 1. The summed E-state index contributed by atoms with van der Waals surface area (Å²) in [5, 5.41) is 13.4. The van der Waals surface area contributed by atoms with Gasteiger partial charge in [0.05, 0.1) is 29.8 Å². The monoisotopic (exact) mass is 626 g/mol. The van der Waals surface area contributed by atoms with Crippen LogP contribution in [0.5, 0.6) is 0 Å². The molecule has 0 aliphatic heterocycles. The van der Waals surface area contributed by atoms with Gasteiger partial charge in [-0.2, -0.15) is 0 Å². The molecule has 0 saturated heterocycles. The van der Waals surface area contributed by atoms with Crippen LogP contribution in [0.1, 0.15) is 5.56 Å². The smallest absolute Gasteiger partial charge is 0.264 e. The molecule has 36 heavy (non-hydrogen) atoms. The Morgan fingerprint density at radius 3 is 1.94 bits per heavy atom. The van der Waals surface area contributed by atoms with E-state index >= 15 is 0 Å². The van der Waals surface area contributed by atoms with Crippen molar-refractivity contribution >= 4 is 69.4 Å². The molecule has 1 N–H and O–H groups in total. The minimum atomic E-state index is -3.89. The molecular weight excluding hydrogens is 604 g/mol. The Hall–Kier alpha value is -2.65. The average molecular weight is 628 g/mol. The van der Waals surface area contributed by atoms with Crippen molar-refractivity contribution in [2.45, 2.75) is 24.5 Å². The lowest BCUT2D eigenvalue weighted by Gasteiger charge is -2.27. The number of aromatic nitrogens is 1. The first-order valence-corrected chi connectivity index (χ1v) is 14.5. The molecule has 5 rings (SSSR count). The second-order valence-electron chi connectivity index (χ2n) is 8.77. The normalized spacial score (nSPS) is 12.8. The number of aryl methyl sites for hydroxylation is 1. The third-order valence-electron chi connectivity index (χ3n) is 6.21. The zero-order valence-corrected chi connectivity index (χ0v) is 23.5. The Bertz CT molecular complexity index is 1590. The van der Waals surface area contributed by atoms with Crippen LogP contribution in [0.25, 0.3) is 21.8 Å². The zero-order chi connectivity index (χ0) is 25.4. The molecule has 0 spiro atoms. The van der Waals surface area contributed by atoms with Crippen LogP contribution in [-0.2, 0) is 16.6 Å². The molecule has 0 fully saturated rings. The van der Waals surface area contributed by atoms with E-state index in [0.29, 0.717) is 5.69 Å². The molecule has 1 heterocycles. The molecule has 5 aromatic rings. The van der Waals surface area contributed by atoms with Gasteiger partial charge in [0, 0.05) is 30.8 Å². The van der Waals surface area contributed by atoms with E-state index in [2.05, 4.69) is 48.6 Å². The quantitative estimate of drug-likeness (QED) is 0.214. The van der Waals surface area contributed by atoms with Gasteiger partial charge in [-0.25, -0.2) is 8.42 Å². The molecule has 1 unspecified atom stereocenters. The fourth-order valence-corrected chi connectivity index (χ4v) is 6.70. The van der Waals surface area contributed by atoms with E-state index < -0.39 is 16.1 Å². The molecule has 8 heteroatoms. The van der Waals surface area contributed by atoms with Gasteiger partial charge in [0.2, 0.25) is 0 Å². The summed E-state index contributed by atoms with van der Waals surface area (Å²) in [6, 6.07) is 27.8. The molecule has 184 valence electrons. The molecule has 0 amide bonds. The van der Waals surface area contributed by atoms with Gasteiger partial charge < -0.3 is 9.67 Å². The predicted octanol–water partition coefficient (Wildman–Crippen LogP) is 6.88. The second kappa shape index (κ2) is 10.0. The van der Waals surface area contributed by atoms with Crippen LogP contribution >= 0.6 is 31.9 Å². The highest BCUT2D eigenvalue weighted by Gasteiger charge is 2.28. The van der Waals surface area contributed by atoms with Crippen molar-refractivity contribution in [3.05, 3.63) is 106 Å². The molecular formula is C28H24Br2N2O3S. The molecule has 0 saturated carbocycles. The van der Waals surface area contributed by atoms with Crippen LogP contribution in [0.4, 0.5) is 5.69 Å².